The third-order valence-electron chi connectivity index (χ3n) is 4.07. The van der Waals surface area contributed by atoms with Crippen molar-refractivity contribution in [1.82, 2.24) is 24.1 Å². The lowest BCUT2D eigenvalue weighted by molar-refractivity contribution is 0.389. The quantitative estimate of drug-likeness (QED) is 0.853. The van der Waals surface area contributed by atoms with Gasteiger partial charge in [0.2, 0.25) is 10.0 Å². The lowest BCUT2D eigenvalue weighted by Crippen LogP contribution is -2.31. The molecule has 22 heavy (non-hydrogen) atoms. The molecular formula is C14H19N5O2S. The first-order chi connectivity index (χ1) is 10.6. The number of sulfonamides is 1. The van der Waals surface area contributed by atoms with Crippen LogP contribution < -0.4 is 0 Å². The molecule has 3 rings (SSSR count). The van der Waals surface area contributed by atoms with Crippen LogP contribution in [0.5, 0.6) is 0 Å². The van der Waals surface area contributed by atoms with Crippen LogP contribution in [0.1, 0.15) is 37.2 Å². The van der Waals surface area contributed by atoms with Crippen molar-refractivity contribution >= 4 is 10.0 Å². The highest BCUT2D eigenvalue weighted by Gasteiger charge is 2.38. The summed E-state index contributed by atoms with van der Waals surface area (Å²) < 4.78 is 29.2. The number of rotatable bonds is 4. The average molecular weight is 321 g/mol. The Morgan fingerprint density at radius 3 is 2.77 bits per heavy atom. The van der Waals surface area contributed by atoms with Crippen LogP contribution in [0.25, 0.3) is 0 Å². The van der Waals surface area contributed by atoms with Gasteiger partial charge in [0.1, 0.15) is 4.90 Å². The molecule has 0 spiro atoms. The largest absolute Gasteiger partial charge is 0.269 e. The van der Waals surface area contributed by atoms with E-state index < -0.39 is 10.0 Å². The second-order valence-electron chi connectivity index (χ2n) is 5.31. The van der Waals surface area contributed by atoms with E-state index in [0.29, 0.717) is 24.5 Å². The van der Waals surface area contributed by atoms with Crippen LogP contribution in [0, 0.1) is 6.92 Å². The van der Waals surface area contributed by atoms with Crippen LogP contribution in [0.4, 0.5) is 0 Å². The van der Waals surface area contributed by atoms with E-state index in [1.807, 2.05) is 6.92 Å². The van der Waals surface area contributed by atoms with Crippen LogP contribution in [-0.4, -0.2) is 39.0 Å². The van der Waals surface area contributed by atoms with Gasteiger partial charge in [0, 0.05) is 25.5 Å². The Balaban J connectivity index is 1.99. The minimum atomic E-state index is -3.57. The van der Waals surface area contributed by atoms with Crippen LogP contribution in [0.2, 0.25) is 0 Å². The molecule has 0 bridgehead atoms. The molecule has 1 atom stereocenters. The van der Waals surface area contributed by atoms with Crippen molar-refractivity contribution in [3.05, 3.63) is 36.2 Å². The van der Waals surface area contributed by atoms with Crippen molar-refractivity contribution in [3.8, 4) is 0 Å². The zero-order chi connectivity index (χ0) is 15.7. The second-order valence-corrected chi connectivity index (χ2v) is 7.17. The van der Waals surface area contributed by atoms with Gasteiger partial charge in [-0.15, -0.1) is 0 Å². The number of nitrogens with zero attached hydrogens (tertiary/aromatic N) is 5. The summed E-state index contributed by atoms with van der Waals surface area (Å²) in [4.78, 5) is 8.61. The predicted octanol–water partition coefficient (Wildman–Crippen LogP) is 1.53. The molecule has 2 aromatic rings. The zero-order valence-corrected chi connectivity index (χ0v) is 13.5. The fraction of sp³-hybridized carbons (Fsp3) is 0.500. The average Bonchev–Trinajstić information content (AvgIpc) is 3.15. The normalized spacial score (nSPS) is 19.6. The molecule has 1 saturated heterocycles. The van der Waals surface area contributed by atoms with Gasteiger partial charge in [-0.1, -0.05) is 0 Å². The van der Waals surface area contributed by atoms with E-state index in [1.165, 1.54) is 10.5 Å². The Hall–Kier alpha value is -1.80. The summed E-state index contributed by atoms with van der Waals surface area (Å²) >= 11 is 0. The van der Waals surface area contributed by atoms with E-state index in [0.717, 1.165) is 12.8 Å². The van der Waals surface area contributed by atoms with E-state index in [9.17, 15) is 8.42 Å². The van der Waals surface area contributed by atoms with E-state index in [4.69, 9.17) is 0 Å². The standard InChI is InChI=1S/C14H19N5O2S/c1-3-18-11(2)14(10-17-18)22(20,21)19-8-4-5-13(19)12-9-15-6-7-16-12/h6-7,9-10,13H,3-5,8H2,1-2H3. The lowest BCUT2D eigenvalue weighted by atomic mass is 10.2. The molecule has 1 unspecified atom stereocenters. The third-order valence-corrected chi connectivity index (χ3v) is 6.08. The monoisotopic (exact) mass is 321 g/mol. The van der Waals surface area contributed by atoms with Crippen LogP contribution in [0.15, 0.2) is 29.7 Å². The van der Waals surface area contributed by atoms with Crippen molar-refractivity contribution < 1.29 is 8.42 Å². The van der Waals surface area contributed by atoms with Gasteiger partial charge in [-0.2, -0.15) is 9.40 Å². The topological polar surface area (TPSA) is 81.0 Å². The van der Waals surface area contributed by atoms with Crippen molar-refractivity contribution in [2.75, 3.05) is 6.54 Å². The zero-order valence-electron chi connectivity index (χ0n) is 12.7. The molecule has 1 fully saturated rings. The van der Waals surface area contributed by atoms with Gasteiger partial charge < -0.3 is 0 Å². The van der Waals surface area contributed by atoms with Crippen LogP contribution in [0.3, 0.4) is 0 Å². The number of aryl methyl sites for hydroxylation is 1. The molecule has 0 saturated carbocycles. The molecule has 3 heterocycles. The van der Waals surface area contributed by atoms with E-state index in [2.05, 4.69) is 15.1 Å². The fourth-order valence-corrected chi connectivity index (χ4v) is 4.76. The highest BCUT2D eigenvalue weighted by molar-refractivity contribution is 7.89. The van der Waals surface area contributed by atoms with Gasteiger partial charge in [-0.25, -0.2) is 8.42 Å². The first-order valence-electron chi connectivity index (χ1n) is 7.36. The highest BCUT2D eigenvalue weighted by atomic mass is 32.2. The summed E-state index contributed by atoms with van der Waals surface area (Å²) in [5.41, 5.74) is 1.37. The Labute approximate surface area is 130 Å². The van der Waals surface area contributed by atoms with E-state index in [-0.39, 0.29) is 10.9 Å². The lowest BCUT2D eigenvalue weighted by Gasteiger charge is -2.23. The summed E-state index contributed by atoms with van der Waals surface area (Å²) in [6.45, 7) is 4.88. The van der Waals surface area contributed by atoms with Crippen molar-refractivity contribution in [3.63, 3.8) is 0 Å². The highest BCUT2D eigenvalue weighted by Crippen LogP contribution is 2.35. The summed E-state index contributed by atoms with van der Waals surface area (Å²) in [6.07, 6.45) is 7.85. The molecule has 0 N–H and O–H groups in total. The van der Waals surface area contributed by atoms with Crippen molar-refractivity contribution in [2.24, 2.45) is 0 Å². The minimum Gasteiger partial charge on any atom is -0.269 e. The molecule has 8 heteroatoms. The molecule has 1 aliphatic rings. The van der Waals surface area contributed by atoms with Gasteiger partial charge in [0.25, 0.3) is 0 Å². The smallest absolute Gasteiger partial charge is 0.247 e. The predicted molar refractivity (Wildman–Crippen MR) is 80.5 cm³/mol. The Kier molecular flexibility index (Phi) is 3.96. The second kappa shape index (κ2) is 5.77. The SMILES string of the molecule is CCn1ncc(S(=O)(=O)N2CCCC2c2cnccn2)c1C. The Morgan fingerprint density at radius 2 is 2.14 bits per heavy atom. The fourth-order valence-electron chi connectivity index (χ4n) is 2.93. The van der Waals surface area contributed by atoms with Gasteiger partial charge in [0.15, 0.2) is 0 Å². The third kappa shape index (κ3) is 2.42. The first-order valence-corrected chi connectivity index (χ1v) is 8.80. The maximum Gasteiger partial charge on any atom is 0.247 e. The van der Waals surface area contributed by atoms with Crippen LogP contribution >= 0.6 is 0 Å². The van der Waals surface area contributed by atoms with Gasteiger partial charge in [-0.3, -0.25) is 14.6 Å². The first kappa shape index (κ1) is 15.1. The summed E-state index contributed by atoms with van der Waals surface area (Å²) in [5, 5.41) is 4.15. The van der Waals surface area contributed by atoms with Gasteiger partial charge >= 0.3 is 0 Å². The molecule has 2 aromatic heterocycles. The maximum absolute atomic E-state index is 13.0. The van der Waals surface area contributed by atoms with Crippen molar-refractivity contribution in [1.29, 1.82) is 0 Å². The Bertz CT molecular complexity index is 757. The number of hydrogen-bond donors (Lipinski definition) is 0. The molecule has 0 amide bonds. The molecule has 7 nitrogen and oxygen atoms in total. The van der Waals surface area contributed by atoms with E-state index >= 15 is 0 Å². The number of hydrogen-bond acceptors (Lipinski definition) is 5. The molecule has 118 valence electrons. The van der Waals surface area contributed by atoms with Gasteiger partial charge in [0.05, 0.1) is 29.8 Å². The van der Waals surface area contributed by atoms with E-state index in [1.54, 1.807) is 30.2 Å². The summed E-state index contributed by atoms with van der Waals surface area (Å²) in [6, 6.07) is -0.247. The molecule has 0 aliphatic carbocycles. The minimum absolute atomic E-state index is 0.247. The Morgan fingerprint density at radius 1 is 1.32 bits per heavy atom. The molecule has 0 aromatic carbocycles. The summed E-state index contributed by atoms with van der Waals surface area (Å²) in [5.74, 6) is 0. The maximum atomic E-state index is 13.0. The molecule has 0 radical (unpaired) electrons. The van der Waals surface area contributed by atoms with Crippen molar-refractivity contribution in [2.45, 2.75) is 44.2 Å². The number of aromatic nitrogens is 4. The molecular weight excluding hydrogens is 302 g/mol. The molecule has 1 aliphatic heterocycles. The van der Waals surface area contributed by atoms with Gasteiger partial charge in [-0.05, 0) is 26.7 Å². The van der Waals surface area contributed by atoms with Crippen LogP contribution in [-0.2, 0) is 16.6 Å². The summed E-state index contributed by atoms with van der Waals surface area (Å²) in [7, 11) is -3.57.